The molecule has 0 amide bonds. The summed E-state index contributed by atoms with van der Waals surface area (Å²) >= 11 is 0. The highest BCUT2D eigenvalue weighted by molar-refractivity contribution is 5.17. The van der Waals surface area contributed by atoms with Crippen LogP contribution in [-0.2, 0) is 11.3 Å². The molecular formula is C11H14O2. The fourth-order valence-corrected chi connectivity index (χ4v) is 1.13. The molecule has 70 valence electrons. The van der Waals surface area contributed by atoms with Gasteiger partial charge in [0, 0.05) is 6.42 Å². The van der Waals surface area contributed by atoms with Crippen molar-refractivity contribution in [2.75, 3.05) is 0 Å². The maximum Gasteiger partial charge on any atom is 0.117 e. The standard InChI is InChI=1S/C11H14O2/c1-9(2)11(13-12)8-10-6-4-3-5-7-10/h3-7,11-12H,1,8H2,2H3/t11-/m1/s1. The van der Waals surface area contributed by atoms with Crippen molar-refractivity contribution >= 4 is 0 Å². The molecule has 2 heteroatoms. The Hall–Kier alpha value is -1.12. The molecule has 0 unspecified atom stereocenters. The first-order valence-electron chi connectivity index (χ1n) is 4.23. The zero-order valence-electron chi connectivity index (χ0n) is 7.73. The van der Waals surface area contributed by atoms with E-state index in [1.807, 2.05) is 37.3 Å². The van der Waals surface area contributed by atoms with Gasteiger partial charge in [-0.25, -0.2) is 4.89 Å². The van der Waals surface area contributed by atoms with Crippen LogP contribution in [0.4, 0.5) is 0 Å². The lowest BCUT2D eigenvalue weighted by molar-refractivity contribution is -0.267. The van der Waals surface area contributed by atoms with Crippen molar-refractivity contribution in [1.29, 1.82) is 0 Å². The monoisotopic (exact) mass is 178 g/mol. The van der Waals surface area contributed by atoms with Gasteiger partial charge in [-0.15, -0.1) is 0 Å². The molecule has 0 saturated carbocycles. The predicted molar refractivity (Wildman–Crippen MR) is 52.5 cm³/mol. The molecule has 0 fully saturated rings. The highest BCUT2D eigenvalue weighted by atomic mass is 17.1. The molecule has 0 aromatic heterocycles. The Morgan fingerprint density at radius 1 is 1.46 bits per heavy atom. The molecule has 0 aliphatic carbocycles. The third-order valence-electron chi connectivity index (χ3n) is 1.94. The number of hydrogen-bond acceptors (Lipinski definition) is 2. The topological polar surface area (TPSA) is 29.5 Å². The summed E-state index contributed by atoms with van der Waals surface area (Å²) in [5, 5.41) is 8.60. The molecule has 0 saturated heterocycles. The van der Waals surface area contributed by atoms with Gasteiger partial charge >= 0.3 is 0 Å². The molecule has 1 rings (SSSR count). The van der Waals surface area contributed by atoms with Gasteiger partial charge in [-0.1, -0.05) is 36.9 Å². The smallest absolute Gasteiger partial charge is 0.117 e. The summed E-state index contributed by atoms with van der Waals surface area (Å²) < 4.78 is 0. The molecule has 2 nitrogen and oxygen atoms in total. The third-order valence-corrected chi connectivity index (χ3v) is 1.94. The highest BCUT2D eigenvalue weighted by Crippen LogP contribution is 2.10. The molecular weight excluding hydrogens is 164 g/mol. The Kier molecular flexibility index (Phi) is 3.68. The summed E-state index contributed by atoms with van der Waals surface area (Å²) in [6, 6.07) is 9.87. The minimum atomic E-state index is -0.303. The van der Waals surface area contributed by atoms with Crippen molar-refractivity contribution in [3.63, 3.8) is 0 Å². The Morgan fingerprint density at radius 3 is 2.54 bits per heavy atom. The van der Waals surface area contributed by atoms with Crippen molar-refractivity contribution in [3.8, 4) is 0 Å². The summed E-state index contributed by atoms with van der Waals surface area (Å²) in [7, 11) is 0. The van der Waals surface area contributed by atoms with Gasteiger partial charge in [0.2, 0.25) is 0 Å². The lowest BCUT2D eigenvalue weighted by atomic mass is 10.0. The van der Waals surface area contributed by atoms with Gasteiger partial charge in [0.05, 0.1) is 0 Å². The van der Waals surface area contributed by atoms with E-state index in [0.717, 1.165) is 11.1 Å². The molecule has 1 aromatic carbocycles. The molecule has 1 atom stereocenters. The van der Waals surface area contributed by atoms with Crippen molar-refractivity contribution in [3.05, 3.63) is 48.0 Å². The van der Waals surface area contributed by atoms with E-state index in [9.17, 15) is 0 Å². The van der Waals surface area contributed by atoms with Crippen LogP contribution in [0, 0.1) is 0 Å². The summed E-state index contributed by atoms with van der Waals surface area (Å²) in [6.45, 7) is 5.57. The summed E-state index contributed by atoms with van der Waals surface area (Å²) in [5.74, 6) is 0. The molecule has 13 heavy (non-hydrogen) atoms. The van der Waals surface area contributed by atoms with Crippen molar-refractivity contribution in [2.45, 2.75) is 19.4 Å². The Balaban J connectivity index is 2.62. The van der Waals surface area contributed by atoms with E-state index in [1.54, 1.807) is 0 Å². The van der Waals surface area contributed by atoms with Crippen LogP contribution < -0.4 is 0 Å². The summed E-state index contributed by atoms with van der Waals surface area (Å²) in [5.41, 5.74) is 1.95. The van der Waals surface area contributed by atoms with E-state index in [0.29, 0.717) is 6.42 Å². The first-order valence-corrected chi connectivity index (χ1v) is 4.23. The fourth-order valence-electron chi connectivity index (χ4n) is 1.13. The largest absolute Gasteiger partial charge is 0.251 e. The van der Waals surface area contributed by atoms with Gasteiger partial charge in [-0.2, -0.15) is 0 Å². The van der Waals surface area contributed by atoms with Gasteiger partial charge < -0.3 is 0 Å². The van der Waals surface area contributed by atoms with Crippen LogP contribution in [-0.4, -0.2) is 11.4 Å². The quantitative estimate of drug-likeness (QED) is 0.436. The molecule has 1 N–H and O–H groups in total. The molecule has 0 heterocycles. The van der Waals surface area contributed by atoms with Crippen LogP contribution in [0.15, 0.2) is 42.5 Å². The molecule has 1 aromatic rings. The number of benzene rings is 1. The highest BCUT2D eigenvalue weighted by Gasteiger charge is 2.09. The molecule has 0 radical (unpaired) electrons. The van der Waals surface area contributed by atoms with Crippen molar-refractivity contribution in [1.82, 2.24) is 0 Å². The summed E-state index contributed by atoms with van der Waals surface area (Å²) in [4.78, 5) is 4.32. The second-order valence-electron chi connectivity index (χ2n) is 3.13. The normalized spacial score (nSPS) is 12.5. The van der Waals surface area contributed by atoms with Crippen LogP contribution in [0.5, 0.6) is 0 Å². The van der Waals surface area contributed by atoms with Gasteiger partial charge in [-0.05, 0) is 18.1 Å². The molecule has 0 spiro atoms. The van der Waals surface area contributed by atoms with Gasteiger partial charge in [0.1, 0.15) is 6.10 Å². The van der Waals surface area contributed by atoms with Crippen LogP contribution in [0.2, 0.25) is 0 Å². The van der Waals surface area contributed by atoms with Crippen molar-refractivity contribution in [2.24, 2.45) is 0 Å². The average molecular weight is 178 g/mol. The first kappa shape index (κ1) is 9.96. The zero-order chi connectivity index (χ0) is 9.68. The summed E-state index contributed by atoms with van der Waals surface area (Å²) in [6.07, 6.45) is 0.356. The van der Waals surface area contributed by atoms with Gasteiger partial charge in [-0.3, -0.25) is 5.26 Å². The third kappa shape index (κ3) is 3.01. The lowest BCUT2D eigenvalue weighted by Crippen LogP contribution is -2.14. The second-order valence-corrected chi connectivity index (χ2v) is 3.13. The second kappa shape index (κ2) is 4.80. The van der Waals surface area contributed by atoms with E-state index >= 15 is 0 Å². The molecule has 0 bridgehead atoms. The SMILES string of the molecule is C=C(C)[C@@H](Cc1ccccc1)OO. The minimum Gasteiger partial charge on any atom is -0.251 e. The van der Waals surface area contributed by atoms with Gasteiger partial charge in [0.15, 0.2) is 0 Å². The van der Waals surface area contributed by atoms with E-state index in [2.05, 4.69) is 11.5 Å². The Morgan fingerprint density at radius 2 is 2.08 bits per heavy atom. The van der Waals surface area contributed by atoms with Gasteiger partial charge in [0.25, 0.3) is 0 Å². The van der Waals surface area contributed by atoms with E-state index in [1.165, 1.54) is 0 Å². The minimum absolute atomic E-state index is 0.303. The molecule has 0 aliphatic heterocycles. The average Bonchev–Trinajstić information content (AvgIpc) is 2.15. The lowest BCUT2D eigenvalue weighted by Gasteiger charge is -2.12. The van der Waals surface area contributed by atoms with Crippen LogP contribution in [0.1, 0.15) is 12.5 Å². The Bertz CT molecular complexity index is 267. The fraction of sp³-hybridized carbons (Fsp3) is 0.273. The van der Waals surface area contributed by atoms with Crippen LogP contribution in [0.3, 0.4) is 0 Å². The van der Waals surface area contributed by atoms with E-state index in [4.69, 9.17) is 5.26 Å². The predicted octanol–water partition coefficient (Wildman–Crippen LogP) is 2.66. The molecule has 0 aliphatic rings. The Labute approximate surface area is 78.4 Å². The maximum absolute atomic E-state index is 8.60. The zero-order valence-corrected chi connectivity index (χ0v) is 7.73. The number of hydrogen-bond donors (Lipinski definition) is 1. The maximum atomic E-state index is 8.60. The first-order chi connectivity index (χ1) is 6.24. The number of rotatable bonds is 4. The van der Waals surface area contributed by atoms with E-state index < -0.39 is 0 Å². The van der Waals surface area contributed by atoms with Crippen LogP contribution >= 0.6 is 0 Å². The van der Waals surface area contributed by atoms with Crippen molar-refractivity contribution < 1.29 is 10.1 Å². The van der Waals surface area contributed by atoms with Crippen LogP contribution in [0.25, 0.3) is 0 Å². The van der Waals surface area contributed by atoms with E-state index in [-0.39, 0.29) is 6.10 Å².